The van der Waals surface area contributed by atoms with Crippen molar-refractivity contribution in [1.29, 1.82) is 0 Å². The minimum atomic E-state index is -4.63. The highest BCUT2D eigenvalue weighted by Crippen LogP contribution is 2.65. The zero-order chi connectivity index (χ0) is 38.4. The third-order valence-corrected chi connectivity index (χ3v) is 8.59. The molecule has 0 spiro atoms. The van der Waals surface area contributed by atoms with Gasteiger partial charge in [-0.05, 0) is 83.0 Å². The van der Waals surface area contributed by atoms with Gasteiger partial charge in [0.1, 0.15) is 21.2 Å². The predicted molar refractivity (Wildman–Crippen MR) is 182 cm³/mol. The zero-order valence-corrected chi connectivity index (χ0v) is 30.2. The van der Waals surface area contributed by atoms with Crippen molar-refractivity contribution in [2.45, 2.75) is 75.6 Å². The first-order valence-corrected chi connectivity index (χ1v) is 16.4. The molecule has 3 aromatic carbocycles. The molecule has 2 atom stereocenters. The highest BCUT2D eigenvalue weighted by Gasteiger charge is 2.67. The molecule has 4 rings (SSSR count). The summed E-state index contributed by atoms with van der Waals surface area (Å²) in [7, 11) is 0. The van der Waals surface area contributed by atoms with Crippen LogP contribution >= 0.6 is 34.8 Å². The predicted octanol–water partition coefficient (Wildman–Crippen LogP) is 10.3. The average molecular weight is 778 g/mol. The second-order valence-corrected chi connectivity index (χ2v) is 15.6. The van der Waals surface area contributed by atoms with Crippen LogP contribution in [0.2, 0.25) is 5.02 Å². The molecule has 1 fully saturated rings. The number of hydrogen-bond donors (Lipinski definition) is 1. The van der Waals surface area contributed by atoms with E-state index in [1.165, 1.54) is 71.9 Å². The van der Waals surface area contributed by atoms with E-state index in [-0.39, 0.29) is 26.7 Å². The molecule has 8 nitrogen and oxygen atoms in total. The van der Waals surface area contributed by atoms with Crippen LogP contribution in [0.1, 0.15) is 74.5 Å². The van der Waals surface area contributed by atoms with Gasteiger partial charge >= 0.3 is 18.4 Å². The number of carbonyl (C=O) groups excluding carboxylic acids is 4. The van der Waals surface area contributed by atoms with Crippen LogP contribution in [-0.2, 0) is 26.9 Å². The van der Waals surface area contributed by atoms with Crippen LogP contribution in [0, 0.1) is 17.6 Å². The second kappa shape index (κ2) is 14.2. The Morgan fingerprint density at radius 3 is 2.00 bits per heavy atom. The molecule has 1 N–H and O–H groups in total. The second-order valence-electron chi connectivity index (χ2n) is 13.7. The van der Waals surface area contributed by atoms with Gasteiger partial charge in [-0.2, -0.15) is 18.1 Å². The summed E-state index contributed by atoms with van der Waals surface area (Å²) in [6.45, 7) is 8.84. The first-order chi connectivity index (χ1) is 23.3. The first kappa shape index (κ1) is 39.8. The molecule has 0 heterocycles. The molecule has 0 aromatic heterocycles. The maximum absolute atomic E-state index is 16.0. The van der Waals surface area contributed by atoms with E-state index in [4.69, 9.17) is 44.3 Å². The maximum Gasteiger partial charge on any atom is 0.424 e. The highest BCUT2D eigenvalue weighted by molar-refractivity contribution is 6.53. The summed E-state index contributed by atoms with van der Waals surface area (Å²) in [4.78, 5) is 52.8. The van der Waals surface area contributed by atoms with Crippen molar-refractivity contribution in [2.75, 3.05) is 10.2 Å². The Kier molecular flexibility index (Phi) is 11.1. The van der Waals surface area contributed by atoms with E-state index in [1.54, 1.807) is 0 Å². The van der Waals surface area contributed by atoms with E-state index < -0.39 is 92.3 Å². The Bertz CT molecular complexity index is 1860. The quantitative estimate of drug-likeness (QED) is 0.146. The van der Waals surface area contributed by atoms with E-state index in [0.29, 0.717) is 0 Å². The lowest BCUT2D eigenvalue weighted by atomic mass is 10.0. The van der Waals surface area contributed by atoms with E-state index in [2.05, 4.69) is 5.32 Å². The molecule has 0 aliphatic heterocycles. The lowest BCUT2D eigenvalue weighted by Gasteiger charge is -2.29. The number of amides is 3. The lowest BCUT2D eigenvalue weighted by Crippen LogP contribution is -2.44. The van der Waals surface area contributed by atoms with E-state index >= 15 is 8.78 Å². The SMILES string of the molecule is CC(C)(C)OC(=O)N(C(=O)OC(C)(C)C)c1c(F)ccc(CC(=O)c2cc(NC(=O)[C@H]3[C@H](c4cccc(C(F)(F)F)c4)C3(Cl)Cl)ccc2Cl)c1F. The number of hydrogen-bond acceptors (Lipinski definition) is 6. The molecule has 3 aromatic rings. The number of carbonyl (C=O) groups is 4. The minimum Gasteiger partial charge on any atom is -0.443 e. The molecular formula is C35H32Cl3F5N2O6. The Hall–Kier alpha value is -3.94. The summed E-state index contributed by atoms with van der Waals surface area (Å²) < 4.78 is 79.7. The number of ketones is 1. The molecule has 3 amide bonds. The number of ether oxygens (including phenoxy) is 2. The monoisotopic (exact) mass is 776 g/mol. The summed E-state index contributed by atoms with van der Waals surface area (Å²) >= 11 is 18.9. The molecule has 0 saturated heterocycles. The zero-order valence-electron chi connectivity index (χ0n) is 28.0. The number of halogens is 8. The van der Waals surface area contributed by atoms with Crippen molar-refractivity contribution in [3.63, 3.8) is 0 Å². The average Bonchev–Trinajstić information content (AvgIpc) is 3.57. The molecule has 0 bridgehead atoms. The maximum atomic E-state index is 16.0. The number of benzene rings is 3. The van der Waals surface area contributed by atoms with Crippen molar-refractivity contribution in [2.24, 2.45) is 5.92 Å². The Labute approximate surface area is 305 Å². The van der Waals surface area contributed by atoms with Gasteiger partial charge in [0.25, 0.3) is 0 Å². The molecule has 0 unspecified atom stereocenters. The van der Waals surface area contributed by atoms with Crippen LogP contribution in [0.15, 0.2) is 54.6 Å². The van der Waals surface area contributed by atoms with Crippen LogP contribution in [0.3, 0.4) is 0 Å². The summed E-state index contributed by atoms with van der Waals surface area (Å²) in [6, 6.07) is 9.72. The van der Waals surface area contributed by atoms with Gasteiger partial charge in [0.05, 0.1) is 16.5 Å². The van der Waals surface area contributed by atoms with Crippen molar-refractivity contribution >= 4 is 70.1 Å². The molecular weight excluding hydrogens is 746 g/mol. The molecule has 16 heteroatoms. The van der Waals surface area contributed by atoms with Crippen molar-refractivity contribution in [1.82, 2.24) is 0 Å². The Balaban J connectivity index is 1.59. The molecule has 1 saturated carbocycles. The third-order valence-electron chi connectivity index (χ3n) is 7.32. The van der Waals surface area contributed by atoms with Gasteiger partial charge in [0.2, 0.25) is 5.91 Å². The standard InChI is InChI=1S/C35H32Cl3F5N2O6/c1-32(2,3)50-30(48)45(31(49)51-33(4,5)6)28-23(39)13-10-18(27(28)40)15-24(46)21-16-20(11-12-22(21)36)44-29(47)26-25(34(26,37)38)17-8-7-9-19(14-17)35(41,42)43/h7-14,16,25-26H,15H2,1-6H3,(H,44,47)/t25-,26+/m0/s1. The van der Waals surface area contributed by atoms with Crippen LogP contribution in [0.5, 0.6) is 0 Å². The first-order valence-electron chi connectivity index (χ1n) is 15.2. The van der Waals surface area contributed by atoms with Gasteiger partial charge < -0.3 is 14.8 Å². The molecule has 0 radical (unpaired) electrons. The number of alkyl halides is 5. The molecule has 51 heavy (non-hydrogen) atoms. The normalized spacial score (nSPS) is 17.0. The van der Waals surface area contributed by atoms with E-state index in [0.717, 1.165) is 24.3 Å². The minimum absolute atomic E-state index is 0.0212. The number of nitrogens with zero attached hydrogens (tertiary/aromatic N) is 1. The number of rotatable bonds is 7. The smallest absolute Gasteiger partial charge is 0.424 e. The van der Waals surface area contributed by atoms with Crippen LogP contribution < -0.4 is 10.2 Å². The fourth-order valence-corrected chi connectivity index (χ4v) is 6.13. The number of nitrogens with one attached hydrogen (secondary N) is 1. The van der Waals surface area contributed by atoms with Gasteiger partial charge in [-0.25, -0.2) is 18.4 Å². The summed E-state index contributed by atoms with van der Waals surface area (Å²) in [6.07, 6.45) is -8.26. The molecule has 1 aliphatic rings. The van der Waals surface area contributed by atoms with E-state index in [9.17, 15) is 32.3 Å². The molecule has 1 aliphatic carbocycles. The van der Waals surface area contributed by atoms with Crippen molar-refractivity contribution in [3.8, 4) is 0 Å². The van der Waals surface area contributed by atoms with Gasteiger partial charge in [-0.15, -0.1) is 23.2 Å². The fraction of sp³-hybridized carbons (Fsp3) is 0.371. The van der Waals surface area contributed by atoms with Gasteiger partial charge in [-0.1, -0.05) is 35.9 Å². The van der Waals surface area contributed by atoms with Crippen molar-refractivity contribution < 1.29 is 50.6 Å². The van der Waals surface area contributed by atoms with Crippen LogP contribution in [-0.4, -0.2) is 39.4 Å². The summed E-state index contributed by atoms with van der Waals surface area (Å²) in [5, 5.41) is 2.41. The van der Waals surface area contributed by atoms with Gasteiger partial charge in [0.15, 0.2) is 17.4 Å². The van der Waals surface area contributed by atoms with E-state index in [1.807, 2.05) is 0 Å². The summed E-state index contributed by atoms with van der Waals surface area (Å²) in [5.41, 5.74) is -4.96. The largest absolute Gasteiger partial charge is 0.443 e. The molecule has 274 valence electrons. The number of Topliss-reactive ketones (excluding diaryl/α,β-unsaturated/α-hetero) is 1. The van der Waals surface area contributed by atoms with Gasteiger partial charge in [0, 0.05) is 23.6 Å². The Morgan fingerprint density at radius 2 is 1.45 bits per heavy atom. The third kappa shape index (κ3) is 9.30. The lowest BCUT2D eigenvalue weighted by molar-refractivity contribution is -0.137. The number of anilines is 2. The van der Waals surface area contributed by atoms with Crippen LogP contribution in [0.25, 0.3) is 0 Å². The highest BCUT2D eigenvalue weighted by atomic mass is 35.5. The Morgan fingerprint density at radius 1 is 0.863 bits per heavy atom. The van der Waals surface area contributed by atoms with Crippen molar-refractivity contribution in [3.05, 3.63) is 93.5 Å². The topological polar surface area (TPSA) is 102 Å². The van der Waals surface area contributed by atoms with Gasteiger partial charge in [-0.3, -0.25) is 9.59 Å². The fourth-order valence-electron chi connectivity index (χ4n) is 5.08. The van der Waals surface area contributed by atoms with Crippen LogP contribution in [0.4, 0.5) is 42.9 Å². The summed E-state index contributed by atoms with van der Waals surface area (Å²) in [5.74, 6) is -6.48. The number of imide groups is 1.